The second kappa shape index (κ2) is 3.32. The lowest BCUT2D eigenvalue weighted by molar-refractivity contribution is -0.791. The highest BCUT2D eigenvalue weighted by Gasteiger charge is 2.66. The summed E-state index contributed by atoms with van der Waals surface area (Å²) in [7, 11) is 1.81. The van der Waals surface area contributed by atoms with Crippen LogP contribution in [0.1, 0.15) is 5.56 Å². The van der Waals surface area contributed by atoms with Crippen LogP contribution in [0, 0.1) is 6.92 Å². The Bertz CT molecular complexity index is 540. The Kier molecular flexibility index (Phi) is 2.07. The van der Waals surface area contributed by atoms with Crippen molar-refractivity contribution in [1.82, 2.24) is 4.98 Å². The lowest BCUT2D eigenvalue weighted by atomic mass is 9.60. The zero-order valence-corrected chi connectivity index (χ0v) is 10.3. The smallest absolute Gasteiger partial charge is 0.596 e. The average Bonchev–Trinajstić information content (AvgIpc) is 2.63. The van der Waals surface area contributed by atoms with Gasteiger partial charge in [-0.15, -0.1) is 0 Å². The Morgan fingerprint density at radius 3 is 2.44 bits per heavy atom. The summed E-state index contributed by atoms with van der Waals surface area (Å²) >= 11 is 0. The fourth-order valence-electron chi connectivity index (χ4n) is 2.92. The maximum atomic E-state index is 11.6. The SMILES string of the molecule is Cc1ccncc1[B-]12OC(=O)C[N+]1(C)CC(=O)O2. The number of quaternary nitrogens is 1. The molecule has 0 amide bonds. The number of likely N-dealkylation sites (N-methyl/N-ethyl adjacent to an activating group) is 1. The highest BCUT2D eigenvalue weighted by atomic mass is 16.7. The van der Waals surface area contributed by atoms with Crippen LogP contribution in [0.15, 0.2) is 18.5 Å². The Morgan fingerprint density at radius 1 is 1.28 bits per heavy atom. The molecular formula is C11H13BN2O4. The van der Waals surface area contributed by atoms with Gasteiger partial charge in [0.1, 0.15) is 13.1 Å². The molecule has 0 aromatic carbocycles. The van der Waals surface area contributed by atoms with E-state index in [9.17, 15) is 9.59 Å². The van der Waals surface area contributed by atoms with Crippen molar-refractivity contribution >= 4 is 24.1 Å². The first-order valence-corrected chi connectivity index (χ1v) is 5.80. The molecule has 1 aromatic rings. The summed E-state index contributed by atoms with van der Waals surface area (Å²) in [6.45, 7) is 0.0536. The van der Waals surface area contributed by atoms with Gasteiger partial charge < -0.3 is 13.7 Å². The molecule has 2 aliphatic heterocycles. The van der Waals surface area contributed by atoms with Crippen molar-refractivity contribution < 1.29 is 23.3 Å². The minimum atomic E-state index is -2.14. The van der Waals surface area contributed by atoms with E-state index in [-0.39, 0.29) is 29.4 Å². The molecule has 3 heterocycles. The Hall–Kier alpha value is -1.89. The molecule has 3 rings (SSSR count). The highest BCUT2D eigenvalue weighted by molar-refractivity contribution is 6.79. The van der Waals surface area contributed by atoms with Crippen LogP contribution in [0.2, 0.25) is 0 Å². The maximum absolute atomic E-state index is 11.6. The number of rotatable bonds is 1. The standard InChI is InChI=1S/C11H13BN2O4/c1-8-3-4-13-5-9(8)12-14(2,6-10(15)17-12)7-11(16)18-12/h3-5H,6-7H2,1-2H3. The predicted octanol–water partition coefficient (Wildman–Crippen LogP) is -0.904. The van der Waals surface area contributed by atoms with Gasteiger partial charge in [-0.3, -0.25) is 14.6 Å². The minimum absolute atomic E-state index is 0.153. The van der Waals surface area contributed by atoms with E-state index in [0.717, 1.165) is 5.56 Å². The zero-order chi connectivity index (χ0) is 13.0. The number of aromatic nitrogens is 1. The van der Waals surface area contributed by atoms with Crippen LogP contribution in [-0.2, 0) is 18.9 Å². The number of hydrogen-bond donors (Lipinski definition) is 0. The Labute approximate surface area is 104 Å². The van der Waals surface area contributed by atoms with Gasteiger partial charge in [-0.1, -0.05) is 5.56 Å². The first kappa shape index (κ1) is 11.2. The largest absolute Gasteiger partial charge is 0.616 e. The van der Waals surface area contributed by atoms with Crippen molar-refractivity contribution in [2.24, 2.45) is 0 Å². The summed E-state index contributed by atoms with van der Waals surface area (Å²) in [4.78, 5) is 27.3. The molecule has 2 fully saturated rings. The summed E-state index contributed by atoms with van der Waals surface area (Å²) in [5.41, 5.74) is 1.59. The second-order valence-electron chi connectivity index (χ2n) is 5.18. The van der Waals surface area contributed by atoms with Crippen LogP contribution in [0.3, 0.4) is 0 Å². The van der Waals surface area contributed by atoms with Gasteiger partial charge in [-0.05, 0) is 18.5 Å². The predicted molar refractivity (Wildman–Crippen MR) is 62.5 cm³/mol. The quantitative estimate of drug-likeness (QED) is 0.602. The second-order valence-corrected chi connectivity index (χ2v) is 5.18. The molecule has 0 saturated carbocycles. The van der Waals surface area contributed by atoms with Crippen LogP contribution in [0.25, 0.3) is 0 Å². The molecule has 0 unspecified atom stereocenters. The third-order valence-electron chi connectivity index (χ3n) is 3.86. The van der Waals surface area contributed by atoms with Gasteiger partial charge in [0.05, 0.1) is 0 Å². The molecule has 0 aliphatic carbocycles. The van der Waals surface area contributed by atoms with Crippen molar-refractivity contribution in [2.75, 3.05) is 20.1 Å². The van der Waals surface area contributed by atoms with Crippen molar-refractivity contribution in [3.63, 3.8) is 0 Å². The molecule has 6 nitrogen and oxygen atoms in total. The van der Waals surface area contributed by atoms with Gasteiger partial charge in [0, 0.05) is 19.4 Å². The number of carbonyl (C=O) groups is 2. The van der Waals surface area contributed by atoms with Gasteiger partial charge in [0.25, 0.3) is 0 Å². The van der Waals surface area contributed by atoms with Gasteiger partial charge >= 0.3 is 18.6 Å². The highest BCUT2D eigenvalue weighted by Crippen LogP contribution is 2.33. The normalized spacial score (nSPS) is 34.1. The third kappa shape index (κ3) is 1.25. The zero-order valence-electron chi connectivity index (χ0n) is 10.3. The molecule has 2 aliphatic rings. The van der Waals surface area contributed by atoms with Crippen LogP contribution < -0.4 is 5.46 Å². The summed E-state index contributed by atoms with van der Waals surface area (Å²) in [6, 6.07) is 1.81. The number of pyridine rings is 1. The van der Waals surface area contributed by atoms with Crippen LogP contribution in [0.5, 0.6) is 0 Å². The maximum Gasteiger partial charge on any atom is 0.616 e. The Morgan fingerprint density at radius 2 is 1.89 bits per heavy atom. The van der Waals surface area contributed by atoms with Crippen LogP contribution in [0.4, 0.5) is 0 Å². The van der Waals surface area contributed by atoms with E-state index >= 15 is 0 Å². The monoisotopic (exact) mass is 248 g/mol. The van der Waals surface area contributed by atoms with Gasteiger partial charge in [0.15, 0.2) is 0 Å². The third-order valence-corrected chi connectivity index (χ3v) is 3.86. The number of nitrogens with zero attached hydrogens (tertiary/aromatic N) is 2. The Balaban J connectivity index is 2.20. The molecule has 0 radical (unpaired) electrons. The van der Waals surface area contributed by atoms with E-state index in [2.05, 4.69) is 4.98 Å². The molecule has 0 spiro atoms. The minimum Gasteiger partial charge on any atom is -0.596 e. The van der Waals surface area contributed by atoms with Crippen LogP contribution in [-0.4, -0.2) is 48.1 Å². The number of fused-ring (bicyclic) bond motifs is 1. The van der Waals surface area contributed by atoms with Crippen molar-refractivity contribution in [2.45, 2.75) is 6.92 Å². The fourth-order valence-corrected chi connectivity index (χ4v) is 2.92. The van der Waals surface area contributed by atoms with E-state index in [1.807, 2.05) is 20.0 Å². The van der Waals surface area contributed by atoms with E-state index in [1.165, 1.54) is 0 Å². The number of carbonyl (C=O) groups excluding carboxylic acids is 2. The topological polar surface area (TPSA) is 65.5 Å². The molecular weight excluding hydrogens is 235 g/mol. The summed E-state index contributed by atoms with van der Waals surface area (Å²) in [5, 5.41) is 0. The molecule has 2 saturated heterocycles. The van der Waals surface area contributed by atoms with E-state index in [4.69, 9.17) is 9.31 Å². The average molecular weight is 248 g/mol. The van der Waals surface area contributed by atoms with E-state index in [1.54, 1.807) is 12.4 Å². The van der Waals surface area contributed by atoms with E-state index < -0.39 is 6.69 Å². The summed E-state index contributed by atoms with van der Waals surface area (Å²) in [5.74, 6) is -0.679. The fraction of sp³-hybridized carbons (Fsp3) is 0.364. The molecule has 0 N–H and O–H groups in total. The first-order chi connectivity index (χ1) is 8.47. The lowest BCUT2D eigenvalue weighted by Crippen LogP contribution is -2.68. The summed E-state index contributed by atoms with van der Waals surface area (Å²) < 4.78 is 11.0. The molecule has 0 bridgehead atoms. The van der Waals surface area contributed by atoms with Crippen molar-refractivity contribution in [3.05, 3.63) is 24.0 Å². The van der Waals surface area contributed by atoms with Gasteiger partial charge in [-0.25, -0.2) is 0 Å². The van der Waals surface area contributed by atoms with Crippen molar-refractivity contribution in [1.29, 1.82) is 0 Å². The van der Waals surface area contributed by atoms with Gasteiger partial charge in [-0.2, -0.15) is 0 Å². The van der Waals surface area contributed by atoms with Gasteiger partial charge in [0.2, 0.25) is 0 Å². The van der Waals surface area contributed by atoms with Crippen molar-refractivity contribution in [3.8, 4) is 0 Å². The van der Waals surface area contributed by atoms with Crippen LogP contribution >= 0.6 is 0 Å². The molecule has 1 aromatic heterocycles. The molecule has 18 heavy (non-hydrogen) atoms. The molecule has 7 heteroatoms. The number of aryl methyl sites for hydroxylation is 1. The molecule has 0 atom stereocenters. The summed E-state index contributed by atoms with van der Waals surface area (Å²) in [6.07, 6.45) is 3.27. The first-order valence-electron chi connectivity index (χ1n) is 5.80. The molecule has 94 valence electrons. The number of hydrogen-bond acceptors (Lipinski definition) is 5. The van der Waals surface area contributed by atoms with E-state index in [0.29, 0.717) is 5.46 Å². The lowest BCUT2D eigenvalue weighted by Gasteiger charge is -2.40.